The number of benzene rings is 9. The number of thiophene rings is 1. The third kappa shape index (κ3) is 4.19. The fraction of sp³-hybridized carbons (Fsp3) is 0.0526. The molecule has 9 aromatic carbocycles. The molecule has 0 aliphatic heterocycles. The molecule has 2 heteroatoms. The molecule has 276 valence electrons. The van der Waals surface area contributed by atoms with Crippen molar-refractivity contribution in [1.29, 1.82) is 0 Å². The minimum Gasteiger partial charge on any atom is -0.308 e. The van der Waals surface area contributed by atoms with E-state index in [2.05, 4.69) is 218 Å². The Balaban J connectivity index is 1.05. The molecule has 1 nitrogen and oxygen atoms in total. The van der Waals surface area contributed by atoms with Crippen LogP contribution in [0.1, 0.15) is 45.9 Å². The highest BCUT2D eigenvalue weighted by molar-refractivity contribution is 7.26. The summed E-state index contributed by atoms with van der Waals surface area (Å²) in [5, 5.41) is 2.59. The van der Waals surface area contributed by atoms with Crippen molar-refractivity contribution in [3.63, 3.8) is 0 Å². The van der Waals surface area contributed by atoms with E-state index in [-0.39, 0.29) is 5.41 Å². The van der Waals surface area contributed by atoms with Crippen LogP contribution in [0, 0.1) is 0 Å². The Kier molecular flexibility index (Phi) is 6.73. The standard InChI is InChI=1S/C57H37NS/c1-56(45-25-10-5-19-38(45)39-20-6-11-26-46(39)56)36-33-34-42-43-24-15-32-52(55(43)59-53(42)35-36)58(37-17-3-2-4-18-37)51-31-16-30-50-54(51)44-23-9-14-29-49(44)57(50)47-27-12-7-21-40(47)41-22-8-13-28-48(41)57/h2-35H,1H3. The third-order valence-corrected chi connectivity index (χ3v) is 15.0. The lowest BCUT2D eigenvalue weighted by Gasteiger charge is -2.32. The lowest BCUT2D eigenvalue weighted by atomic mass is 9.70. The normalized spacial score (nSPS) is 14.5. The molecule has 3 aliphatic carbocycles. The molecule has 13 rings (SSSR count). The smallest absolute Gasteiger partial charge is 0.0726 e. The second kappa shape index (κ2) is 12.0. The molecule has 59 heavy (non-hydrogen) atoms. The summed E-state index contributed by atoms with van der Waals surface area (Å²) in [5.74, 6) is 0. The van der Waals surface area contributed by atoms with Gasteiger partial charge in [-0.05, 0) is 104 Å². The van der Waals surface area contributed by atoms with Gasteiger partial charge in [-0.1, -0.05) is 176 Å². The molecule has 0 N–H and O–H groups in total. The Labute approximate surface area is 348 Å². The van der Waals surface area contributed by atoms with Crippen molar-refractivity contribution in [3.8, 4) is 33.4 Å². The first-order chi connectivity index (χ1) is 29.2. The van der Waals surface area contributed by atoms with E-state index in [1.54, 1.807) is 0 Å². The first-order valence-corrected chi connectivity index (χ1v) is 21.4. The Hall–Kier alpha value is -7.00. The first-order valence-electron chi connectivity index (χ1n) is 20.6. The van der Waals surface area contributed by atoms with Gasteiger partial charge in [-0.2, -0.15) is 0 Å². The van der Waals surface area contributed by atoms with Gasteiger partial charge >= 0.3 is 0 Å². The van der Waals surface area contributed by atoms with E-state index in [1.165, 1.54) is 104 Å². The Bertz CT molecular complexity index is 3280. The molecule has 0 bridgehead atoms. The monoisotopic (exact) mass is 767 g/mol. The number of hydrogen-bond donors (Lipinski definition) is 0. The molecule has 0 fully saturated rings. The van der Waals surface area contributed by atoms with Crippen LogP contribution in [0.15, 0.2) is 206 Å². The van der Waals surface area contributed by atoms with Crippen molar-refractivity contribution >= 4 is 48.6 Å². The van der Waals surface area contributed by atoms with Gasteiger partial charge in [0.1, 0.15) is 0 Å². The summed E-state index contributed by atoms with van der Waals surface area (Å²) in [5.41, 5.74) is 20.3. The van der Waals surface area contributed by atoms with Gasteiger partial charge in [-0.15, -0.1) is 11.3 Å². The van der Waals surface area contributed by atoms with E-state index in [9.17, 15) is 0 Å². The number of fused-ring (bicyclic) bond motifs is 16. The van der Waals surface area contributed by atoms with E-state index in [0.29, 0.717) is 0 Å². The van der Waals surface area contributed by atoms with Gasteiger partial charge in [0.25, 0.3) is 0 Å². The van der Waals surface area contributed by atoms with Gasteiger partial charge in [0, 0.05) is 32.1 Å². The summed E-state index contributed by atoms with van der Waals surface area (Å²) in [6, 6.07) is 77.3. The average Bonchev–Trinajstić information content (AvgIpc) is 4.00. The lowest BCUT2D eigenvalue weighted by Crippen LogP contribution is -2.26. The molecular formula is C57H37NS. The van der Waals surface area contributed by atoms with Crippen LogP contribution in [0.2, 0.25) is 0 Å². The highest BCUT2D eigenvalue weighted by Crippen LogP contribution is 2.65. The van der Waals surface area contributed by atoms with Crippen molar-refractivity contribution in [2.75, 3.05) is 4.90 Å². The summed E-state index contributed by atoms with van der Waals surface area (Å²) >= 11 is 1.92. The largest absolute Gasteiger partial charge is 0.308 e. The van der Waals surface area contributed by atoms with E-state index in [1.807, 2.05) is 11.3 Å². The van der Waals surface area contributed by atoms with Gasteiger partial charge in [-0.3, -0.25) is 0 Å². The SMILES string of the molecule is CC1(c2ccc3c(c2)sc2c(N(c4ccccc4)c4cccc5c4-c4ccccc4C54c5ccccc5-c5ccccc54)cccc23)c2ccccc2-c2ccccc21. The Morgan fingerprint density at radius 1 is 0.390 bits per heavy atom. The number of anilines is 3. The maximum absolute atomic E-state index is 2.53. The van der Waals surface area contributed by atoms with Gasteiger partial charge in [0.2, 0.25) is 0 Å². The quantitative estimate of drug-likeness (QED) is 0.172. The van der Waals surface area contributed by atoms with Gasteiger partial charge < -0.3 is 4.90 Å². The molecule has 0 saturated heterocycles. The second-order valence-corrected chi connectivity index (χ2v) is 17.5. The Morgan fingerprint density at radius 2 is 0.881 bits per heavy atom. The van der Waals surface area contributed by atoms with Crippen molar-refractivity contribution in [2.45, 2.75) is 17.8 Å². The summed E-state index contributed by atoms with van der Waals surface area (Å²) in [6.45, 7) is 2.41. The summed E-state index contributed by atoms with van der Waals surface area (Å²) < 4.78 is 2.60. The molecular weight excluding hydrogens is 731 g/mol. The predicted molar refractivity (Wildman–Crippen MR) is 248 cm³/mol. The van der Waals surface area contributed by atoms with Crippen LogP contribution in [0.3, 0.4) is 0 Å². The zero-order valence-corrected chi connectivity index (χ0v) is 33.3. The van der Waals surface area contributed by atoms with Crippen LogP contribution in [0.25, 0.3) is 53.6 Å². The molecule has 1 aromatic heterocycles. The molecule has 0 amide bonds. The number of hydrogen-bond acceptors (Lipinski definition) is 2. The van der Waals surface area contributed by atoms with Gasteiger partial charge in [0.15, 0.2) is 0 Å². The van der Waals surface area contributed by atoms with Crippen molar-refractivity contribution in [3.05, 3.63) is 245 Å². The zero-order chi connectivity index (χ0) is 38.9. The molecule has 3 aliphatic rings. The van der Waals surface area contributed by atoms with E-state index < -0.39 is 5.41 Å². The van der Waals surface area contributed by atoms with E-state index in [0.717, 1.165) is 5.69 Å². The molecule has 1 heterocycles. The fourth-order valence-electron chi connectivity index (χ4n) is 11.3. The van der Waals surface area contributed by atoms with Crippen LogP contribution < -0.4 is 4.90 Å². The maximum Gasteiger partial charge on any atom is 0.0726 e. The number of nitrogens with zero attached hydrogens (tertiary/aromatic N) is 1. The van der Waals surface area contributed by atoms with E-state index >= 15 is 0 Å². The predicted octanol–water partition coefficient (Wildman–Crippen LogP) is 15.2. The first kappa shape index (κ1) is 33.0. The molecule has 1 spiro atoms. The maximum atomic E-state index is 2.53. The average molecular weight is 768 g/mol. The summed E-state index contributed by atoms with van der Waals surface area (Å²) in [6.07, 6.45) is 0. The highest BCUT2D eigenvalue weighted by atomic mass is 32.1. The zero-order valence-electron chi connectivity index (χ0n) is 32.5. The molecule has 0 atom stereocenters. The van der Waals surface area contributed by atoms with Crippen LogP contribution in [-0.4, -0.2) is 0 Å². The molecule has 0 radical (unpaired) electrons. The van der Waals surface area contributed by atoms with Gasteiger partial charge in [-0.25, -0.2) is 0 Å². The van der Waals surface area contributed by atoms with Crippen molar-refractivity contribution in [1.82, 2.24) is 0 Å². The second-order valence-electron chi connectivity index (χ2n) is 16.4. The van der Waals surface area contributed by atoms with E-state index in [4.69, 9.17) is 0 Å². The minimum absolute atomic E-state index is 0.248. The molecule has 0 saturated carbocycles. The van der Waals surface area contributed by atoms with Crippen molar-refractivity contribution < 1.29 is 0 Å². The van der Waals surface area contributed by atoms with Crippen LogP contribution >= 0.6 is 11.3 Å². The van der Waals surface area contributed by atoms with Crippen molar-refractivity contribution in [2.24, 2.45) is 0 Å². The number of para-hydroxylation sites is 1. The fourth-order valence-corrected chi connectivity index (χ4v) is 12.6. The molecule has 0 unspecified atom stereocenters. The third-order valence-electron chi connectivity index (χ3n) is 13.8. The van der Waals surface area contributed by atoms with Crippen LogP contribution in [-0.2, 0) is 10.8 Å². The van der Waals surface area contributed by atoms with Crippen LogP contribution in [0.4, 0.5) is 17.1 Å². The molecule has 10 aromatic rings. The summed E-state index contributed by atoms with van der Waals surface area (Å²) in [4.78, 5) is 2.53. The van der Waals surface area contributed by atoms with Crippen LogP contribution in [0.5, 0.6) is 0 Å². The minimum atomic E-state index is -0.412. The number of rotatable bonds is 4. The lowest BCUT2D eigenvalue weighted by molar-refractivity contribution is 0.715. The topological polar surface area (TPSA) is 3.24 Å². The summed E-state index contributed by atoms with van der Waals surface area (Å²) in [7, 11) is 0. The van der Waals surface area contributed by atoms with Gasteiger partial charge in [0.05, 0.1) is 21.5 Å². The highest BCUT2D eigenvalue weighted by Gasteiger charge is 2.52. The Morgan fingerprint density at radius 3 is 1.53 bits per heavy atom.